The molecule has 1 saturated carbocycles. The van der Waals surface area contributed by atoms with Gasteiger partial charge in [0.15, 0.2) is 17.5 Å². The fourth-order valence-corrected chi connectivity index (χ4v) is 2.88. The number of halogens is 2. The number of hydrogen-bond donors (Lipinski definition) is 2. The van der Waals surface area contributed by atoms with E-state index >= 15 is 0 Å². The highest BCUT2D eigenvalue weighted by Gasteiger charge is 2.11. The van der Waals surface area contributed by atoms with Crippen molar-refractivity contribution in [2.45, 2.75) is 38.2 Å². The number of nitrogen functional groups attached to an aromatic ring is 1. The van der Waals surface area contributed by atoms with Gasteiger partial charge in [-0.05, 0) is 25.0 Å². The molecule has 3 aromatic rings. The second-order valence-corrected chi connectivity index (χ2v) is 6.39. The SMILES string of the molecule is Nc1nc(-c2cnn3ccc(Cl)cc23)ncc1F.OC1CCCCC1. The van der Waals surface area contributed by atoms with Crippen molar-refractivity contribution in [2.75, 3.05) is 5.73 Å². The summed E-state index contributed by atoms with van der Waals surface area (Å²) < 4.78 is 14.7. The lowest BCUT2D eigenvalue weighted by Gasteiger charge is -2.14. The summed E-state index contributed by atoms with van der Waals surface area (Å²) >= 11 is 5.92. The van der Waals surface area contributed by atoms with Gasteiger partial charge in [-0.3, -0.25) is 0 Å². The van der Waals surface area contributed by atoms with Crippen molar-refractivity contribution in [3.63, 3.8) is 0 Å². The maximum atomic E-state index is 13.0. The molecular weight excluding hydrogens is 345 g/mol. The lowest BCUT2D eigenvalue weighted by molar-refractivity contribution is 0.130. The molecule has 0 saturated heterocycles. The number of aliphatic hydroxyl groups excluding tert-OH is 1. The molecule has 25 heavy (non-hydrogen) atoms. The quantitative estimate of drug-likeness (QED) is 0.691. The summed E-state index contributed by atoms with van der Waals surface area (Å²) in [5, 5.41) is 13.6. The molecule has 3 heterocycles. The summed E-state index contributed by atoms with van der Waals surface area (Å²) in [5.41, 5.74) is 6.79. The minimum atomic E-state index is -0.645. The van der Waals surface area contributed by atoms with Gasteiger partial charge >= 0.3 is 0 Å². The zero-order chi connectivity index (χ0) is 17.8. The van der Waals surface area contributed by atoms with Crippen LogP contribution < -0.4 is 5.73 Å². The van der Waals surface area contributed by atoms with Crippen LogP contribution in [-0.4, -0.2) is 30.8 Å². The highest BCUT2D eigenvalue weighted by molar-refractivity contribution is 6.31. The average molecular weight is 364 g/mol. The van der Waals surface area contributed by atoms with Crippen LogP contribution in [0.15, 0.2) is 30.7 Å². The van der Waals surface area contributed by atoms with E-state index in [1.807, 2.05) is 0 Å². The van der Waals surface area contributed by atoms with Crippen molar-refractivity contribution in [2.24, 2.45) is 0 Å². The molecule has 3 aromatic heterocycles. The van der Waals surface area contributed by atoms with E-state index in [1.165, 1.54) is 19.3 Å². The number of aliphatic hydroxyl groups is 1. The summed E-state index contributed by atoms with van der Waals surface area (Å²) in [6.07, 6.45) is 10.3. The molecule has 132 valence electrons. The van der Waals surface area contributed by atoms with Crippen molar-refractivity contribution in [3.05, 3.63) is 41.6 Å². The summed E-state index contributed by atoms with van der Waals surface area (Å²) in [6, 6.07) is 3.44. The van der Waals surface area contributed by atoms with Crippen LogP contribution in [-0.2, 0) is 0 Å². The summed E-state index contributed by atoms with van der Waals surface area (Å²) in [5.74, 6) is -0.527. The lowest BCUT2D eigenvalue weighted by atomic mass is 9.98. The van der Waals surface area contributed by atoms with Crippen LogP contribution in [0.1, 0.15) is 32.1 Å². The van der Waals surface area contributed by atoms with E-state index in [9.17, 15) is 4.39 Å². The van der Waals surface area contributed by atoms with Gasteiger partial charge in [0.05, 0.1) is 29.6 Å². The van der Waals surface area contributed by atoms with Gasteiger partial charge in [-0.25, -0.2) is 18.9 Å². The maximum Gasteiger partial charge on any atom is 0.183 e. The molecule has 0 spiro atoms. The highest BCUT2D eigenvalue weighted by Crippen LogP contribution is 2.24. The summed E-state index contributed by atoms with van der Waals surface area (Å²) in [6.45, 7) is 0. The first-order chi connectivity index (χ1) is 12.0. The molecule has 1 fully saturated rings. The van der Waals surface area contributed by atoms with Gasteiger partial charge in [0.2, 0.25) is 0 Å². The summed E-state index contributed by atoms with van der Waals surface area (Å²) in [4.78, 5) is 7.79. The van der Waals surface area contributed by atoms with Crippen LogP contribution >= 0.6 is 11.6 Å². The van der Waals surface area contributed by atoms with E-state index < -0.39 is 5.82 Å². The number of pyridine rings is 1. The molecule has 4 rings (SSSR count). The Labute approximate surface area is 149 Å². The largest absolute Gasteiger partial charge is 0.393 e. The van der Waals surface area contributed by atoms with Gasteiger partial charge in [0, 0.05) is 11.2 Å². The van der Waals surface area contributed by atoms with E-state index in [0.717, 1.165) is 24.6 Å². The molecule has 1 aliphatic carbocycles. The van der Waals surface area contributed by atoms with E-state index in [1.54, 1.807) is 29.0 Å². The third-order valence-electron chi connectivity index (χ3n) is 4.07. The molecule has 0 bridgehead atoms. The number of anilines is 1. The Morgan fingerprint density at radius 2 is 2.00 bits per heavy atom. The molecule has 6 nitrogen and oxygen atoms in total. The molecule has 0 atom stereocenters. The number of aromatic nitrogens is 4. The Morgan fingerprint density at radius 3 is 2.64 bits per heavy atom. The predicted molar refractivity (Wildman–Crippen MR) is 94.7 cm³/mol. The smallest absolute Gasteiger partial charge is 0.183 e. The molecule has 0 aromatic carbocycles. The number of rotatable bonds is 1. The molecule has 0 aliphatic heterocycles. The Kier molecular flexibility index (Phi) is 5.45. The fraction of sp³-hybridized carbons (Fsp3) is 0.353. The topological polar surface area (TPSA) is 89.3 Å². The van der Waals surface area contributed by atoms with Gasteiger partial charge < -0.3 is 10.8 Å². The molecule has 0 radical (unpaired) electrons. The number of nitrogens with two attached hydrogens (primary N) is 1. The maximum absolute atomic E-state index is 13.0. The molecule has 3 N–H and O–H groups in total. The van der Waals surface area contributed by atoms with Crippen molar-refractivity contribution in [3.8, 4) is 11.4 Å². The third-order valence-corrected chi connectivity index (χ3v) is 4.31. The standard InChI is InChI=1S/C11H7ClFN5.C6H12O/c12-6-1-2-18-9(3-6)7(4-16-18)11-15-5-8(13)10(14)17-11;7-6-4-2-1-3-5-6/h1-5H,(H2,14,15,17);6-7H,1-5H2. The Balaban J connectivity index is 0.000000219. The van der Waals surface area contributed by atoms with Crippen molar-refractivity contribution >= 4 is 22.9 Å². The van der Waals surface area contributed by atoms with Gasteiger partial charge in [0.1, 0.15) is 0 Å². The normalized spacial score (nSPS) is 15.0. The van der Waals surface area contributed by atoms with Crippen LogP contribution in [0.3, 0.4) is 0 Å². The first kappa shape index (κ1) is 17.6. The van der Waals surface area contributed by atoms with E-state index in [4.69, 9.17) is 22.4 Å². The monoisotopic (exact) mass is 363 g/mol. The van der Waals surface area contributed by atoms with Crippen LogP contribution in [0, 0.1) is 5.82 Å². The minimum absolute atomic E-state index is 0.0359. The zero-order valence-electron chi connectivity index (χ0n) is 13.6. The molecule has 0 unspecified atom stereocenters. The van der Waals surface area contributed by atoms with Crippen LogP contribution in [0.4, 0.5) is 10.2 Å². The minimum Gasteiger partial charge on any atom is -0.393 e. The molecular formula is C17H19ClFN5O. The second-order valence-electron chi connectivity index (χ2n) is 5.95. The van der Waals surface area contributed by atoms with Gasteiger partial charge in [-0.1, -0.05) is 30.9 Å². The Hall–Kier alpha value is -2.25. The van der Waals surface area contributed by atoms with E-state index in [2.05, 4.69) is 15.1 Å². The van der Waals surface area contributed by atoms with E-state index in [0.29, 0.717) is 16.4 Å². The van der Waals surface area contributed by atoms with Crippen molar-refractivity contribution < 1.29 is 9.50 Å². The van der Waals surface area contributed by atoms with Crippen molar-refractivity contribution in [1.82, 2.24) is 19.6 Å². The number of nitrogens with zero attached hydrogens (tertiary/aromatic N) is 4. The van der Waals surface area contributed by atoms with Crippen LogP contribution in [0.2, 0.25) is 5.02 Å². The molecule has 8 heteroatoms. The number of fused-ring (bicyclic) bond motifs is 1. The average Bonchev–Trinajstić information content (AvgIpc) is 3.02. The van der Waals surface area contributed by atoms with Crippen LogP contribution in [0.5, 0.6) is 0 Å². The van der Waals surface area contributed by atoms with E-state index in [-0.39, 0.29) is 11.9 Å². The van der Waals surface area contributed by atoms with Gasteiger partial charge in [-0.2, -0.15) is 5.10 Å². The second kappa shape index (κ2) is 7.76. The first-order valence-corrected chi connectivity index (χ1v) is 8.52. The van der Waals surface area contributed by atoms with Gasteiger partial charge in [-0.15, -0.1) is 0 Å². The molecule has 1 aliphatic rings. The fourth-order valence-electron chi connectivity index (χ4n) is 2.72. The lowest BCUT2D eigenvalue weighted by Crippen LogP contribution is -2.09. The first-order valence-electron chi connectivity index (χ1n) is 8.14. The summed E-state index contributed by atoms with van der Waals surface area (Å²) in [7, 11) is 0. The number of hydrogen-bond acceptors (Lipinski definition) is 5. The van der Waals surface area contributed by atoms with Crippen LogP contribution in [0.25, 0.3) is 16.9 Å². The Bertz CT molecular complexity index is 863. The highest BCUT2D eigenvalue weighted by atomic mass is 35.5. The van der Waals surface area contributed by atoms with Gasteiger partial charge in [0.25, 0.3) is 0 Å². The predicted octanol–water partition coefficient (Wildman–Crippen LogP) is 3.48. The van der Waals surface area contributed by atoms with Crippen molar-refractivity contribution in [1.29, 1.82) is 0 Å². The Morgan fingerprint density at radius 1 is 1.24 bits per heavy atom. The third kappa shape index (κ3) is 4.24. The zero-order valence-corrected chi connectivity index (χ0v) is 14.3. The molecule has 0 amide bonds.